The maximum absolute atomic E-state index is 13.2. The van der Waals surface area contributed by atoms with Crippen molar-refractivity contribution in [2.45, 2.75) is 32.6 Å². The monoisotopic (exact) mass is 446 g/mol. The fourth-order valence-corrected chi connectivity index (χ4v) is 3.89. The van der Waals surface area contributed by atoms with Gasteiger partial charge >= 0.3 is 6.18 Å². The number of aromatic nitrogens is 3. The van der Waals surface area contributed by atoms with E-state index >= 15 is 0 Å². The highest BCUT2D eigenvalue weighted by molar-refractivity contribution is 6.11. The molecule has 0 fully saturated rings. The number of halogens is 3. The van der Waals surface area contributed by atoms with Gasteiger partial charge in [-0.1, -0.05) is 0 Å². The zero-order chi connectivity index (χ0) is 23.2. The first-order chi connectivity index (χ1) is 15.1. The lowest BCUT2D eigenvalue weighted by atomic mass is 10.0. The Morgan fingerprint density at radius 3 is 2.34 bits per heavy atom. The lowest BCUT2D eigenvalue weighted by Gasteiger charge is -2.19. The van der Waals surface area contributed by atoms with Gasteiger partial charge in [0.2, 0.25) is 0 Å². The predicted molar refractivity (Wildman–Crippen MR) is 111 cm³/mol. The number of fused-ring (bicyclic) bond motifs is 1. The number of carbonyl (C=O) groups excluding carboxylic acids is 1. The van der Waals surface area contributed by atoms with Gasteiger partial charge in [-0.2, -0.15) is 18.3 Å². The van der Waals surface area contributed by atoms with Gasteiger partial charge in [-0.15, -0.1) is 0 Å². The van der Waals surface area contributed by atoms with Crippen molar-refractivity contribution >= 4 is 11.6 Å². The fourth-order valence-electron chi connectivity index (χ4n) is 3.89. The van der Waals surface area contributed by atoms with Crippen molar-refractivity contribution in [3.63, 3.8) is 0 Å². The van der Waals surface area contributed by atoms with Gasteiger partial charge in [0, 0.05) is 17.8 Å². The van der Waals surface area contributed by atoms with Gasteiger partial charge in [0.05, 0.1) is 49.1 Å². The number of hydrogen-bond acceptors (Lipinski definition) is 5. The molecule has 0 saturated heterocycles. The van der Waals surface area contributed by atoms with Crippen LogP contribution in [0.5, 0.6) is 11.5 Å². The van der Waals surface area contributed by atoms with Crippen LogP contribution in [0.2, 0.25) is 0 Å². The highest BCUT2D eigenvalue weighted by Gasteiger charge is 2.39. The summed E-state index contributed by atoms with van der Waals surface area (Å²) in [6.07, 6.45) is -1.93. The number of carbonyl (C=O) groups is 1. The van der Waals surface area contributed by atoms with E-state index < -0.39 is 18.8 Å². The summed E-state index contributed by atoms with van der Waals surface area (Å²) in [7, 11) is 3.11. The van der Waals surface area contributed by atoms with Crippen LogP contribution in [0.4, 0.5) is 18.9 Å². The fraction of sp³-hybridized carbons (Fsp3) is 0.318. The van der Waals surface area contributed by atoms with Crippen LogP contribution in [0.15, 0.2) is 36.7 Å². The first-order valence-electron chi connectivity index (χ1n) is 9.79. The first kappa shape index (κ1) is 21.7. The minimum Gasteiger partial charge on any atom is -0.497 e. The van der Waals surface area contributed by atoms with E-state index in [-0.39, 0.29) is 11.6 Å². The molecule has 0 aliphatic carbocycles. The van der Waals surface area contributed by atoms with Gasteiger partial charge < -0.3 is 9.47 Å². The topological polar surface area (TPSA) is 69.5 Å². The molecule has 10 heteroatoms. The Bertz CT molecular complexity index is 1170. The largest absolute Gasteiger partial charge is 0.497 e. The highest BCUT2D eigenvalue weighted by atomic mass is 19.4. The van der Waals surface area contributed by atoms with Crippen molar-refractivity contribution in [1.82, 2.24) is 14.8 Å². The summed E-state index contributed by atoms with van der Waals surface area (Å²) < 4.78 is 49.5. The third kappa shape index (κ3) is 3.88. The minimum absolute atomic E-state index is 0.286. The predicted octanol–water partition coefficient (Wildman–Crippen LogP) is 4.55. The Kier molecular flexibility index (Phi) is 5.31. The second kappa shape index (κ2) is 7.85. The van der Waals surface area contributed by atoms with E-state index in [0.717, 1.165) is 10.2 Å². The van der Waals surface area contributed by atoms with Crippen molar-refractivity contribution in [2.24, 2.45) is 0 Å². The highest BCUT2D eigenvalue weighted by Crippen LogP contribution is 2.39. The number of anilines is 1. The van der Waals surface area contributed by atoms with Gasteiger partial charge in [0.1, 0.15) is 18.0 Å². The van der Waals surface area contributed by atoms with Crippen LogP contribution in [0.3, 0.4) is 0 Å². The van der Waals surface area contributed by atoms with Crippen LogP contribution in [-0.2, 0) is 6.54 Å². The van der Waals surface area contributed by atoms with Crippen LogP contribution >= 0.6 is 0 Å². The molecule has 1 atom stereocenters. The number of hydrogen-bond donors (Lipinski definition) is 0. The van der Waals surface area contributed by atoms with Gasteiger partial charge in [-0.3, -0.25) is 14.4 Å². The van der Waals surface area contributed by atoms with E-state index in [1.807, 2.05) is 19.1 Å². The maximum atomic E-state index is 13.2. The summed E-state index contributed by atoms with van der Waals surface area (Å²) in [6.45, 7) is 2.37. The summed E-state index contributed by atoms with van der Waals surface area (Å²) in [5.41, 5.74) is 3.38. The summed E-state index contributed by atoms with van der Waals surface area (Å²) in [5.74, 6) is 0.878. The Morgan fingerprint density at radius 1 is 1.09 bits per heavy atom. The molecule has 1 unspecified atom stereocenters. The third-order valence-corrected chi connectivity index (χ3v) is 5.35. The molecule has 0 N–H and O–H groups in total. The number of alkyl halides is 3. The molecule has 0 spiro atoms. The van der Waals surface area contributed by atoms with Crippen LogP contribution in [-0.4, -0.2) is 41.1 Å². The SMILES string of the molecule is COc1cc(OC)cc(-c2cc(C)c3c(n2)C(C)N(c2cnn(CC(F)(F)F)c2)C3=O)c1. The molecule has 1 aliphatic rings. The Morgan fingerprint density at radius 2 is 1.75 bits per heavy atom. The average Bonchev–Trinajstić information content (AvgIpc) is 3.28. The molecule has 1 amide bonds. The maximum Gasteiger partial charge on any atom is 0.408 e. The Balaban J connectivity index is 1.73. The molecular formula is C22H21F3N4O3. The Labute approximate surface area is 182 Å². The second-order valence-electron chi connectivity index (χ2n) is 7.55. The number of ether oxygens (including phenoxy) is 2. The number of methoxy groups -OCH3 is 2. The summed E-state index contributed by atoms with van der Waals surface area (Å²) in [5, 5.41) is 3.76. The van der Waals surface area contributed by atoms with Crippen molar-refractivity contribution in [2.75, 3.05) is 19.1 Å². The van der Waals surface area contributed by atoms with E-state index in [1.54, 1.807) is 33.3 Å². The molecule has 0 saturated carbocycles. The summed E-state index contributed by atoms with van der Waals surface area (Å²) >= 11 is 0. The Hall–Kier alpha value is -3.56. The molecule has 4 rings (SSSR count). The summed E-state index contributed by atoms with van der Waals surface area (Å²) in [4.78, 5) is 19.3. The van der Waals surface area contributed by atoms with Crippen LogP contribution < -0.4 is 14.4 Å². The van der Waals surface area contributed by atoms with E-state index in [0.29, 0.717) is 34.0 Å². The lowest BCUT2D eigenvalue weighted by Crippen LogP contribution is -2.26. The standard InChI is InChI=1S/C22H21F3N4O3/c1-12-5-18(14-6-16(31-3)8-17(7-14)32-4)27-20-13(2)29(21(30)19(12)20)15-9-26-28(10-15)11-22(23,24)25/h5-10,13H,11H2,1-4H3. The second-order valence-corrected chi connectivity index (χ2v) is 7.55. The number of nitrogens with zero attached hydrogens (tertiary/aromatic N) is 4. The van der Waals surface area contributed by atoms with Gasteiger partial charge in [-0.05, 0) is 37.6 Å². The van der Waals surface area contributed by atoms with E-state index in [4.69, 9.17) is 14.5 Å². The zero-order valence-corrected chi connectivity index (χ0v) is 17.9. The minimum atomic E-state index is -4.41. The third-order valence-electron chi connectivity index (χ3n) is 5.35. The van der Waals surface area contributed by atoms with Crippen LogP contribution in [0.1, 0.15) is 34.6 Å². The molecular weight excluding hydrogens is 425 g/mol. The number of rotatable bonds is 5. The molecule has 32 heavy (non-hydrogen) atoms. The van der Waals surface area contributed by atoms with E-state index in [9.17, 15) is 18.0 Å². The normalized spacial score (nSPS) is 15.8. The first-order valence-corrected chi connectivity index (χ1v) is 9.79. The molecule has 2 aromatic heterocycles. The van der Waals surface area contributed by atoms with Crippen molar-refractivity contribution in [1.29, 1.82) is 0 Å². The van der Waals surface area contributed by atoms with Gasteiger partial charge in [-0.25, -0.2) is 4.98 Å². The number of pyridine rings is 1. The lowest BCUT2D eigenvalue weighted by molar-refractivity contribution is -0.142. The molecule has 7 nitrogen and oxygen atoms in total. The molecule has 3 heterocycles. The number of amides is 1. The van der Waals surface area contributed by atoms with Gasteiger partial charge in [0.25, 0.3) is 5.91 Å². The number of aryl methyl sites for hydroxylation is 1. The van der Waals surface area contributed by atoms with Crippen LogP contribution in [0.25, 0.3) is 11.3 Å². The quantitative estimate of drug-likeness (QED) is 0.575. The van der Waals surface area contributed by atoms with Crippen molar-refractivity contribution < 1.29 is 27.4 Å². The van der Waals surface area contributed by atoms with Crippen LogP contribution in [0, 0.1) is 6.92 Å². The molecule has 168 valence electrons. The molecule has 0 bridgehead atoms. The number of benzene rings is 1. The van der Waals surface area contributed by atoms with E-state index in [1.165, 1.54) is 17.3 Å². The van der Waals surface area contributed by atoms with Crippen molar-refractivity contribution in [3.05, 3.63) is 53.5 Å². The molecule has 3 aromatic rings. The zero-order valence-electron chi connectivity index (χ0n) is 17.9. The average molecular weight is 446 g/mol. The van der Waals surface area contributed by atoms with Gasteiger partial charge in [0.15, 0.2) is 0 Å². The molecule has 0 radical (unpaired) electrons. The van der Waals surface area contributed by atoms with Crippen molar-refractivity contribution in [3.8, 4) is 22.8 Å². The molecule has 1 aliphatic heterocycles. The van der Waals surface area contributed by atoms with E-state index in [2.05, 4.69) is 5.10 Å². The summed E-state index contributed by atoms with van der Waals surface area (Å²) in [6, 6.07) is 6.70. The molecule has 1 aromatic carbocycles. The smallest absolute Gasteiger partial charge is 0.408 e.